The van der Waals surface area contributed by atoms with E-state index in [1.165, 1.54) is 71.3 Å². The third kappa shape index (κ3) is 4.86. The summed E-state index contributed by atoms with van der Waals surface area (Å²) in [4.78, 5) is 4.19. The average Bonchev–Trinajstić information content (AvgIpc) is 3.71. The quantitative estimate of drug-likeness (QED) is 0.164. The zero-order valence-corrected chi connectivity index (χ0v) is 30.1. The molecule has 50 heavy (non-hydrogen) atoms. The lowest BCUT2D eigenvalue weighted by molar-refractivity contribution is 0.825. The maximum absolute atomic E-state index is 2.64. The van der Waals surface area contributed by atoms with Crippen LogP contribution >= 0.6 is 11.3 Å². The van der Waals surface area contributed by atoms with Gasteiger partial charge in [0.25, 0.3) is 0 Å². The van der Waals surface area contributed by atoms with Crippen molar-refractivity contribution in [1.82, 2.24) is 0 Å². The van der Waals surface area contributed by atoms with Crippen molar-refractivity contribution in [2.75, 3.05) is 4.90 Å². The van der Waals surface area contributed by atoms with E-state index in [9.17, 15) is 0 Å². The fourth-order valence-corrected chi connectivity index (χ4v) is 12.6. The zero-order valence-electron chi connectivity index (χ0n) is 28.3. The van der Waals surface area contributed by atoms with Crippen LogP contribution in [-0.2, 0) is 6.42 Å². The van der Waals surface area contributed by atoms with Crippen molar-refractivity contribution in [1.29, 1.82) is 0 Å². The first-order valence-electron chi connectivity index (χ1n) is 18.1. The third-order valence-electron chi connectivity index (χ3n) is 11.2. The van der Waals surface area contributed by atoms with E-state index in [4.69, 9.17) is 0 Å². The molecular weight excluding hydrogens is 639 g/mol. The minimum atomic E-state index is -0.997. The number of rotatable bonds is 5. The van der Waals surface area contributed by atoms with Gasteiger partial charge in [-0.15, -0.1) is 11.3 Å². The van der Waals surface area contributed by atoms with E-state index in [1.54, 1.807) is 15.3 Å². The molecule has 0 saturated carbocycles. The molecule has 1 aliphatic heterocycles. The second-order valence-electron chi connectivity index (χ2n) is 14.1. The van der Waals surface area contributed by atoms with Crippen LogP contribution in [0.2, 0.25) is 6.55 Å². The molecule has 1 unspecified atom stereocenters. The van der Waals surface area contributed by atoms with Gasteiger partial charge in [-0.05, 0) is 111 Å². The Morgan fingerprint density at radius 3 is 2.52 bits per heavy atom. The zero-order chi connectivity index (χ0) is 33.2. The molecule has 1 aromatic heterocycles. The first kappa shape index (κ1) is 29.9. The number of fused-ring (bicyclic) bond motifs is 8. The van der Waals surface area contributed by atoms with Gasteiger partial charge < -0.3 is 4.90 Å². The Bertz CT molecular complexity index is 2490. The Labute approximate surface area is 300 Å². The number of hydrogen-bond acceptors (Lipinski definition) is 2. The van der Waals surface area contributed by atoms with Gasteiger partial charge in [0, 0.05) is 38.0 Å². The predicted molar refractivity (Wildman–Crippen MR) is 218 cm³/mol. The summed E-state index contributed by atoms with van der Waals surface area (Å²) in [6.07, 6.45) is 22.2. The SMILES string of the molecule is C[Si]1c2ccc3c4c(sc3c2-c2cccc(N(C3=CC(c5ccccc5)CC=C3)C3=CC=C(c5ccc6ccccc6c5)CC3)c21)CCC=C4. The van der Waals surface area contributed by atoms with E-state index in [2.05, 4.69) is 157 Å². The second-order valence-corrected chi connectivity index (χ2v) is 17.5. The Morgan fingerprint density at radius 2 is 1.64 bits per heavy atom. The predicted octanol–water partition coefficient (Wildman–Crippen LogP) is 11.4. The molecule has 4 aliphatic rings. The molecule has 0 amide bonds. The lowest BCUT2D eigenvalue weighted by atomic mass is 9.90. The Balaban J connectivity index is 1.12. The van der Waals surface area contributed by atoms with Gasteiger partial charge in [0.05, 0.1) is 0 Å². The number of anilines is 1. The van der Waals surface area contributed by atoms with Crippen LogP contribution in [0.4, 0.5) is 5.69 Å². The van der Waals surface area contributed by atoms with Crippen LogP contribution in [0.1, 0.15) is 53.2 Å². The Hall–Kier alpha value is -4.96. The summed E-state index contributed by atoms with van der Waals surface area (Å²) in [6, 6.07) is 38.7. The van der Waals surface area contributed by atoms with E-state index in [-0.39, 0.29) is 0 Å². The summed E-state index contributed by atoms with van der Waals surface area (Å²) in [6.45, 7) is 2.53. The molecule has 0 fully saturated rings. The lowest BCUT2D eigenvalue weighted by Crippen LogP contribution is -2.39. The molecule has 241 valence electrons. The maximum Gasteiger partial charge on any atom is 0.122 e. The fourth-order valence-electron chi connectivity index (χ4n) is 8.71. The van der Waals surface area contributed by atoms with E-state index in [1.807, 2.05) is 11.3 Å². The van der Waals surface area contributed by atoms with Gasteiger partial charge in [-0.1, -0.05) is 128 Å². The summed E-state index contributed by atoms with van der Waals surface area (Å²) in [7, 11) is -0.997. The minimum Gasteiger partial charge on any atom is -0.315 e. The molecule has 6 aromatic rings. The molecule has 3 heteroatoms. The summed E-state index contributed by atoms with van der Waals surface area (Å²) >= 11 is 2.05. The van der Waals surface area contributed by atoms with Crippen molar-refractivity contribution >= 4 is 68.7 Å². The summed E-state index contributed by atoms with van der Waals surface area (Å²) in [5, 5.41) is 7.17. The van der Waals surface area contributed by atoms with Crippen molar-refractivity contribution in [3.05, 3.63) is 173 Å². The van der Waals surface area contributed by atoms with Crippen LogP contribution in [-0.4, -0.2) is 8.80 Å². The second kappa shape index (κ2) is 12.1. The van der Waals surface area contributed by atoms with Crippen LogP contribution < -0.4 is 15.3 Å². The first-order chi connectivity index (χ1) is 24.7. The number of aryl methyl sites for hydroxylation is 1. The molecule has 5 aromatic carbocycles. The summed E-state index contributed by atoms with van der Waals surface area (Å²) in [5.41, 5.74) is 12.6. The molecule has 2 heterocycles. The molecule has 1 radical (unpaired) electrons. The van der Waals surface area contributed by atoms with Gasteiger partial charge in [0.2, 0.25) is 0 Å². The molecule has 3 aliphatic carbocycles. The number of allylic oxidation sites excluding steroid dienone is 8. The van der Waals surface area contributed by atoms with Gasteiger partial charge in [0.15, 0.2) is 0 Å². The highest BCUT2D eigenvalue weighted by molar-refractivity contribution is 7.20. The standard InChI is InChI=1S/C47H38NSSi/c1-50-44-28-27-40-39-17-7-8-20-43(39)49-46(40)45(44)41-18-10-19-42(47(41)50)48(38-16-9-15-35(30-38)31-11-3-2-4-12-31)37-25-23-33(24-26-37)36-22-21-32-13-5-6-14-34(32)29-36/h2-7,9-14,16-19,21-23,25,27-30,35H,8,15,20,24,26H2,1H3. The number of benzene rings is 5. The van der Waals surface area contributed by atoms with Crippen molar-refractivity contribution in [2.24, 2.45) is 0 Å². The fraction of sp³-hybridized carbons (Fsp3) is 0.149. The summed E-state index contributed by atoms with van der Waals surface area (Å²) in [5.74, 6) is 0.358. The highest BCUT2D eigenvalue weighted by Crippen LogP contribution is 2.44. The van der Waals surface area contributed by atoms with Gasteiger partial charge in [-0.25, -0.2) is 0 Å². The molecule has 1 nitrogen and oxygen atoms in total. The smallest absolute Gasteiger partial charge is 0.122 e. The van der Waals surface area contributed by atoms with E-state index in [0.29, 0.717) is 5.92 Å². The average molecular weight is 677 g/mol. The largest absolute Gasteiger partial charge is 0.315 e. The van der Waals surface area contributed by atoms with E-state index < -0.39 is 8.80 Å². The number of thiophene rings is 1. The molecular formula is C47H38NSSi. The lowest BCUT2D eigenvalue weighted by Gasteiger charge is -2.34. The monoisotopic (exact) mass is 676 g/mol. The Kier molecular flexibility index (Phi) is 7.25. The minimum absolute atomic E-state index is 0.358. The van der Waals surface area contributed by atoms with E-state index in [0.717, 1.165) is 32.1 Å². The Morgan fingerprint density at radius 1 is 0.760 bits per heavy atom. The molecule has 0 N–H and O–H groups in total. The van der Waals surface area contributed by atoms with Crippen LogP contribution in [0.15, 0.2) is 151 Å². The molecule has 10 rings (SSSR count). The molecule has 0 saturated heterocycles. The van der Waals surface area contributed by atoms with Crippen molar-refractivity contribution < 1.29 is 0 Å². The number of hydrogen-bond donors (Lipinski definition) is 0. The van der Waals surface area contributed by atoms with Crippen LogP contribution in [0.25, 0.3) is 43.6 Å². The normalized spacial score (nSPS) is 18.0. The van der Waals surface area contributed by atoms with Crippen molar-refractivity contribution in [3.8, 4) is 11.1 Å². The van der Waals surface area contributed by atoms with Crippen molar-refractivity contribution in [2.45, 2.75) is 44.6 Å². The molecule has 0 spiro atoms. The maximum atomic E-state index is 2.64. The van der Waals surface area contributed by atoms with Crippen LogP contribution in [0, 0.1) is 0 Å². The van der Waals surface area contributed by atoms with Gasteiger partial charge in [-0.3, -0.25) is 0 Å². The van der Waals surface area contributed by atoms with Gasteiger partial charge in [0.1, 0.15) is 8.80 Å². The topological polar surface area (TPSA) is 3.24 Å². The third-order valence-corrected chi connectivity index (χ3v) is 15.0. The van der Waals surface area contributed by atoms with Gasteiger partial charge >= 0.3 is 0 Å². The van der Waals surface area contributed by atoms with Crippen LogP contribution in [0.3, 0.4) is 0 Å². The van der Waals surface area contributed by atoms with Crippen molar-refractivity contribution in [3.63, 3.8) is 0 Å². The molecule has 1 atom stereocenters. The highest BCUT2D eigenvalue weighted by Gasteiger charge is 2.35. The van der Waals surface area contributed by atoms with Gasteiger partial charge in [-0.2, -0.15) is 0 Å². The molecule has 0 bridgehead atoms. The first-order valence-corrected chi connectivity index (χ1v) is 20.9. The van der Waals surface area contributed by atoms with E-state index >= 15 is 0 Å². The number of nitrogens with zero attached hydrogens (tertiary/aromatic N) is 1. The van der Waals surface area contributed by atoms with Crippen LogP contribution in [0.5, 0.6) is 0 Å². The summed E-state index contributed by atoms with van der Waals surface area (Å²) < 4.78 is 1.49. The highest BCUT2D eigenvalue weighted by atomic mass is 32.1.